The number of aliphatic hydroxyl groups excluding tert-OH is 1. The minimum Gasteiger partial charge on any atom is -0.387 e. The number of benzene rings is 1. The molecule has 2 heteroatoms. The Bertz CT molecular complexity index is 337. The summed E-state index contributed by atoms with van der Waals surface area (Å²) in [5, 5.41) is 9.56. The van der Waals surface area contributed by atoms with Gasteiger partial charge in [0.15, 0.2) is 0 Å². The number of quaternary nitrogens is 1. The molecule has 2 saturated heterocycles. The van der Waals surface area contributed by atoms with Crippen LogP contribution in [0.25, 0.3) is 0 Å². The maximum absolute atomic E-state index is 9.56. The van der Waals surface area contributed by atoms with Gasteiger partial charge in [-0.1, -0.05) is 30.3 Å². The zero-order chi connectivity index (χ0) is 9.60. The molecule has 0 aromatic heterocycles. The van der Waals surface area contributed by atoms with Gasteiger partial charge in [0.1, 0.15) is 31.8 Å². The fourth-order valence-electron chi connectivity index (χ4n) is 2.91. The summed E-state index contributed by atoms with van der Waals surface area (Å²) in [4.78, 5) is 0. The Balaban J connectivity index is 1.75. The van der Waals surface area contributed by atoms with Crippen molar-refractivity contribution in [1.82, 2.24) is 0 Å². The Hall–Kier alpha value is -0.860. The smallest absolute Gasteiger partial charge is 0.142 e. The molecule has 74 valence electrons. The van der Waals surface area contributed by atoms with Crippen LogP contribution in [0.15, 0.2) is 30.3 Å². The highest BCUT2D eigenvalue weighted by molar-refractivity contribution is 5.14. The summed E-state index contributed by atoms with van der Waals surface area (Å²) in [5.41, 5.74) is 1.41. The van der Waals surface area contributed by atoms with E-state index in [0.717, 1.165) is 30.0 Å². The van der Waals surface area contributed by atoms with Crippen molar-refractivity contribution in [3.8, 4) is 0 Å². The van der Waals surface area contributed by atoms with Crippen LogP contribution in [-0.2, 0) is 6.54 Å². The molecule has 2 heterocycles. The first-order valence-electron chi connectivity index (χ1n) is 5.36. The van der Waals surface area contributed by atoms with Crippen LogP contribution >= 0.6 is 0 Å². The lowest BCUT2D eigenvalue weighted by atomic mass is 10.2. The Kier molecular flexibility index (Phi) is 1.70. The van der Waals surface area contributed by atoms with E-state index in [-0.39, 0.29) is 6.10 Å². The summed E-state index contributed by atoms with van der Waals surface area (Å²) in [6, 6.07) is 11.4. The van der Waals surface area contributed by atoms with E-state index in [1.807, 2.05) is 0 Å². The zero-order valence-electron chi connectivity index (χ0n) is 8.26. The van der Waals surface area contributed by atoms with Crippen molar-refractivity contribution >= 4 is 0 Å². The first kappa shape index (κ1) is 8.45. The number of rotatable bonds is 2. The maximum atomic E-state index is 9.56. The molecule has 0 amide bonds. The second kappa shape index (κ2) is 2.81. The molecule has 0 radical (unpaired) electrons. The fourth-order valence-corrected chi connectivity index (χ4v) is 2.91. The lowest BCUT2D eigenvalue weighted by molar-refractivity contribution is -0.819. The van der Waals surface area contributed by atoms with Gasteiger partial charge in [0.2, 0.25) is 0 Å². The van der Waals surface area contributed by atoms with E-state index >= 15 is 0 Å². The van der Waals surface area contributed by atoms with E-state index in [4.69, 9.17) is 0 Å². The van der Waals surface area contributed by atoms with Crippen LogP contribution in [0.4, 0.5) is 0 Å². The van der Waals surface area contributed by atoms with Crippen molar-refractivity contribution in [2.75, 3.05) is 13.1 Å². The summed E-state index contributed by atoms with van der Waals surface area (Å²) in [6.45, 7) is 3.37. The molecule has 1 unspecified atom stereocenters. The topological polar surface area (TPSA) is 20.2 Å². The number of piperidine rings is 1. The van der Waals surface area contributed by atoms with Crippen molar-refractivity contribution in [1.29, 1.82) is 0 Å². The number of aliphatic hydroxyl groups is 1. The third-order valence-electron chi connectivity index (χ3n) is 3.67. The van der Waals surface area contributed by atoms with Crippen LogP contribution in [0, 0.1) is 0 Å². The average molecular weight is 190 g/mol. The van der Waals surface area contributed by atoms with Crippen LogP contribution in [0.2, 0.25) is 0 Å². The van der Waals surface area contributed by atoms with E-state index in [2.05, 4.69) is 30.3 Å². The summed E-state index contributed by atoms with van der Waals surface area (Å²) in [6.07, 6.45) is 0.977. The zero-order valence-corrected chi connectivity index (χ0v) is 8.26. The van der Waals surface area contributed by atoms with E-state index in [1.54, 1.807) is 0 Å². The van der Waals surface area contributed by atoms with Crippen molar-refractivity contribution < 1.29 is 9.59 Å². The third kappa shape index (κ3) is 1.26. The van der Waals surface area contributed by atoms with Crippen molar-refractivity contribution in [2.45, 2.75) is 25.1 Å². The molecule has 2 nitrogen and oxygen atoms in total. The summed E-state index contributed by atoms with van der Waals surface area (Å²) in [7, 11) is 0. The van der Waals surface area contributed by atoms with Gasteiger partial charge in [0.25, 0.3) is 0 Å². The number of hydrogen-bond donors (Lipinski definition) is 1. The van der Waals surface area contributed by atoms with Crippen LogP contribution in [0.5, 0.6) is 0 Å². The normalized spacial score (nSPS) is 39.5. The van der Waals surface area contributed by atoms with Gasteiger partial charge in [0.05, 0.1) is 0 Å². The molecule has 1 aromatic rings. The molecule has 1 aromatic carbocycles. The lowest BCUT2D eigenvalue weighted by Gasteiger charge is -2.16. The second-order valence-corrected chi connectivity index (χ2v) is 4.77. The standard InChI is InChI=1S/C12H16NO/c14-12-6-11-8-13(11,9-12)7-10-4-2-1-3-5-10/h1-5,11-12,14H,6-9H2/q+1/t11-,12-,13?/m1/s1. The Labute approximate surface area is 84.4 Å². The molecule has 2 fully saturated rings. The monoisotopic (exact) mass is 190 g/mol. The first-order valence-corrected chi connectivity index (χ1v) is 5.36. The highest BCUT2D eigenvalue weighted by Gasteiger charge is 2.61. The van der Waals surface area contributed by atoms with Crippen LogP contribution in [-0.4, -0.2) is 34.8 Å². The molecule has 14 heavy (non-hydrogen) atoms. The SMILES string of the molecule is O[C@@H]1C[C@@H]2C[N+]2(Cc2ccccc2)C1. The molecule has 0 saturated carbocycles. The molecule has 1 N–H and O–H groups in total. The predicted octanol–water partition coefficient (Wildman–Crippen LogP) is 1.15. The van der Waals surface area contributed by atoms with E-state index in [0.29, 0.717) is 0 Å². The largest absolute Gasteiger partial charge is 0.387 e. The van der Waals surface area contributed by atoms with E-state index in [9.17, 15) is 5.11 Å². The maximum Gasteiger partial charge on any atom is 0.142 e. The molecular formula is C12H16NO+. The third-order valence-corrected chi connectivity index (χ3v) is 3.67. The van der Waals surface area contributed by atoms with Gasteiger partial charge in [-0.2, -0.15) is 0 Å². The Morgan fingerprint density at radius 1 is 1.21 bits per heavy atom. The van der Waals surface area contributed by atoms with Gasteiger partial charge in [-0.25, -0.2) is 0 Å². The molecule has 2 aliphatic heterocycles. The second-order valence-electron chi connectivity index (χ2n) is 4.77. The van der Waals surface area contributed by atoms with Crippen LogP contribution in [0.3, 0.4) is 0 Å². The predicted molar refractivity (Wildman–Crippen MR) is 54.6 cm³/mol. The minimum absolute atomic E-state index is 0.0440. The first-order chi connectivity index (χ1) is 6.78. The van der Waals surface area contributed by atoms with Gasteiger partial charge in [-0.15, -0.1) is 0 Å². The molecule has 0 spiro atoms. The van der Waals surface area contributed by atoms with E-state index in [1.165, 1.54) is 12.1 Å². The van der Waals surface area contributed by atoms with Crippen molar-refractivity contribution in [3.05, 3.63) is 35.9 Å². The van der Waals surface area contributed by atoms with Gasteiger partial charge >= 0.3 is 0 Å². The fraction of sp³-hybridized carbons (Fsp3) is 0.500. The lowest BCUT2D eigenvalue weighted by Crippen LogP contribution is -2.29. The van der Waals surface area contributed by atoms with Crippen molar-refractivity contribution in [3.63, 3.8) is 0 Å². The average Bonchev–Trinajstić information content (AvgIpc) is 2.70. The van der Waals surface area contributed by atoms with Crippen LogP contribution < -0.4 is 0 Å². The molecule has 3 atom stereocenters. The number of fused-ring (bicyclic) bond motifs is 1. The summed E-state index contributed by atoms with van der Waals surface area (Å²) in [5.74, 6) is 0. The quantitative estimate of drug-likeness (QED) is 0.548. The molecule has 0 bridgehead atoms. The van der Waals surface area contributed by atoms with Gasteiger partial charge in [-0.05, 0) is 0 Å². The summed E-state index contributed by atoms with van der Waals surface area (Å²) >= 11 is 0. The Morgan fingerprint density at radius 2 is 2.00 bits per heavy atom. The number of hydrogen-bond acceptors (Lipinski definition) is 1. The Morgan fingerprint density at radius 3 is 2.64 bits per heavy atom. The van der Waals surface area contributed by atoms with Gasteiger partial charge in [0, 0.05) is 12.0 Å². The summed E-state index contributed by atoms with van der Waals surface area (Å²) < 4.78 is 1.14. The highest BCUT2D eigenvalue weighted by atomic mass is 16.3. The molecule has 0 aliphatic carbocycles. The van der Waals surface area contributed by atoms with E-state index < -0.39 is 0 Å². The van der Waals surface area contributed by atoms with Gasteiger partial charge < -0.3 is 9.59 Å². The molecule has 3 rings (SSSR count). The minimum atomic E-state index is -0.0440. The molecular weight excluding hydrogens is 174 g/mol. The molecule has 2 aliphatic rings. The van der Waals surface area contributed by atoms with Crippen molar-refractivity contribution in [2.24, 2.45) is 0 Å². The van der Waals surface area contributed by atoms with Crippen LogP contribution in [0.1, 0.15) is 12.0 Å². The number of nitrogens with zero attached hydrogens (tertiary/aromatic N) is 1. The van der Waals surface area contributed by atoms with Gasteiger partial charge in [-0.3, -0.25) is 0 Å². The highest BCUT2D eigenvalue weighted by Crippen LogP contribution is 2.42.